The third-order valence-corrected chi connectivity index (χ3v) is 6.68. The van der Waals surface area contributed by atoms with E-state index in [9.17, 15) is 24.6 Å². The largest absolute Gasteiger partial charge is 0.495 e. The van der Waals surface area contributed by atoms with Gasteiger partial charge in [0.05, 0.1) is 36.9 Å². The van der Waals surface area contributed by atoms with Crippen LogP contribution in [0.15, 0.2) is 66.7 Å². The van der Waals surface area contributed by atoms with Crippen molar-refractivity contribution in [1.82, 2.24) is 4.90 Å². The number of ether oxygens (including phenoxy) is 2. The number of benzene rings is 3. The number of likely N-dealkylation sites (tertiary alicyclic amines) is 1. The third kappa shape index (κ3) is 6.68. The average Bonchev–Trinajstić information content (AvgIpc) is 3.22. The molecule has 5 N–H and O–H groups in total. The summed E-state index contributed by atoms with van der Waals surface area (Å²) in [5.74, 6) is -0.684. The second-order valence-electron chi connectivity index (χ2n) is 9.42. The standard InChI is InChI=1S/C29H31N3O8/c1-17-5-3-4-6-21(17)30-29(38)31-22-12-7-18(13-25(22)39-2)14-26(34)32-15-24(33)27(35)23(32)16-40-20-10-8-19(9-11-20)28(36)37/h3-13,23-24,27,33,35H,14-16H2,1-2H3,(H,36,37)(H2,30,31,38)/t23-,24-,27-/m1/s1. The number of anilines is 2. The predicted octanol–water partition coefficient (Wildman–Crippen LogP) is 2.90. The molecule has 1 fully saturated rings. The molecule has 4 rings (SSSR count). The van der Waals surface area contributed by atoms with Crippen LogP contribution in [0.25, 0.3) is 0 Å². The number of carbonyl (C=O) groups excluding carboxylic acids is 2. The molecule has 0 saturated carbocycles. The van der Waals surface area contributed by atoms with Crippen molar-refractivity contribution in [2.75, 3.05) is 30.9 Å². The quantitative estimate of drug-likeness (QED) is 0.273. The number of rotatable bonds is 9. The van der Waals surface area contributed by atoms with Crippen LogP contribution in [-0.2, 0) is 11.2 Å². The fraction of sp³-hybridized carbons (Fsp3) is 0.276. The van der Waals surface area contributed by atoms with Gasteiger partial charge < -0.3 is 40.3 Å². The van der Waals surface area contributed by atoms with E-state index in [0.29, 0.717) is 28.4 Å². The van der Waals surface area contributed by atoms with Crippen molar-refractivity contribution < 1.29 is 39.2 Å². The number of aliphatic hydroxyl groups is 2. The number of urea groups is 1. The number of aliphatic hydroxyl groups excluding tert-OH is 2. The van der Waals surface area contributed by atoms with Crippen LogP contribution < -0.4 is 20.1 Å². The van der Waals surface area contributed by atoms with Crippen LogP contribution in [0.4, 0.5) is 16.2 Å². The number of aryl methyl sites for hydroxylation is 1. The Morgan fingerprint density at radius 1 is 0.975 bits per heavy atom. The van der Waals surface area contributed by atoms with Crippen molar-refractivity contribution in [3.8, 4) is 11.5 Å². The molecule has 210 valence electrons. The molecule has 3 aromatic rings. The summed E-state index contributed by atoms with van der Waals surface area (Å²) in [6, 6.07) is 16.8. The first-order chi connectivity index (χ1) is 19.2. The molecule has 1 saturated heterocycles. The smallest absolute Gasteiger partial charge is 0.335 e. The van der Waals surface area contributed by atoms with Crippen molar-refractivity contribution >= 4 is 29.3 Å². The minimum atomic E-state index is -1.21. The first-order valence-electron chi connectivity index (χ1n) is 12.6. The van der Waals surface area contributed by atoms with Crippen molar-refractivity contribution in [1.29, 1.82) is 0 Å². The minimum Gasteiger partial charge on any atom is -0.495 e. The number of methoxy groups -OCH3 is 1. The molecule has 11 nitrogen and oxygen atoms in total. The predicted molar refractivity (Wildman–Crippen MR) is 147 cm³/mol. The van der Waals surface area contributed by atoms with E-state index in [1.807, 2.05) is 25.1 Å². The number of β-amino-alcohol motifs (C(OH)–C–C–N with tert-alkyl or cyclic N) is 1. The maximum atomic E-state index is 13.2. The summed E-state index contributed by atoms with van der Waals surface area (Å²) in [6.45, 7) is 1.72. The Morgan fingerprint density at radius 3 is 2.35 bits per heavy atom. The highest BCUT2D eigenvalue weighted by Gasteiger charge is 2.42. The van der Waals surface area contributed by atoms with Gasteiger partial charge >= 0.3 is 12.0 Å². The lowest BCUT2D eigenvalue weighted by Crippen LogP contribution is -2.44. The van der Waals surface area contributed by atoms with E-state index in [4.69, 9.17) is 14.6 Å². The van der Waals surface area contributed by atoms with Gasteiger partial charge in [0.25, 0.3) is 0 Å². The van der Waals surface area contributed by atoms with Crippen LogP contribution in [0.2, 0.25) is 0 Å². The molecule has 0 spiro atoms. The lowest BCUT2D eigenvalue weighted by molar-refractivity contribution is -0.132. The molecule has 0 aliphatic carbocycles. The Hall–Kier alpha value is -4.61. The SMILES string of the molecule is COc1cc(CC(=O)N2C[C@@H](O)[C@H](O)[C@H]2COc2ccc(C(=O)O)cc2)ccc1NC(=O)Nc1ccccc1C. The molecule has 1 aliphatic heterocycles. The Kier molecular flexibility index (Phi) is 8.87. The summed E-state index contributed by atoms with van der Waals surface area (Å²) >= 11 is 0. The number of carboxylic acids is 1. The molecule has 1 heterocycles. The van der Waals surface area contributed by atoms with Gasteiger partial charge in [-0.1, -0.05) is 24.3 Å². The highest BCUT2D eigenvalue weighted by Crippen LogP contribution is 2.28. The molecule has 3 atom stereocenters. The lowest BCUT2D eigenvalue weighted by Gasteiger charge is -2.26. The van der Waals surface area contributed by atoms with Crippen molar-refractivity contribution in [3.05, 3.63) is 83.4 Å². The number of nitrogens with zero attached hydrogens (tertiary/aromatic N) is 1. The van der Waals surface area contributed by atoms with E-state index in [-0.39, 0.29) is 31.0 Å². The topological polar surface area (TPSA) is 158 Å². The Balaban J connectivity index is 1.40. The third-order valence-electron chi connectivity index (χ3n) is 6.68. The molecule has 1 aliphatic rings. The highest BCUT2D eigenvalue weighted by molar-refractivity contribution is 6.01. The molecule has 11 heteroatoms. The van der Waals surface area contributed by atoms with E-state index in [2.05, 4.69) is 10.6 Å². The number of para-hydroxylation sites is 1. The Morgan fingerprint density at radius 2 is 1.68 bits per heavy atom. The molecule has 40 heavy (non-hydrogen) atoms. The second-order valence-corrected chi connectivity index (χ2v) is 9.42. The van der Waals surface area contributed by atoms with Crippen molar-refractivity contribution in [2.24, 2.45) is 0 Å². The van der Waals surface area contributed by atoms with E-state index in [0.717, 1.165) is 5.56 Å². The van der Waals surface area contributed by atoms with Crippen molar-refractivity contribution in [2.45, 2.75) is 31.6 Å². The van der Waals surface area contributed by atoms with Gasteiger partial charge in [-0.25, -0.2) is 9.59 Å². The zero-order chi connectivity index (χ0) is 28.8. The molecule has 3 amide bonds. The zero-order valence-electron chi connectivity index (χ0n) is 22.0. The molecule has 0 unspecified atom stereocenters. The number of amides is 3. The zero-order valence-corrected chi connectivity index (χ0v) is 22.0. The fourth-order valence-corrected chi connectivity index (χ4v) is 4.45. The molecular formula is C29H31N3O8. The van der Waals surface area contributed by atoms with Crippen LogP contribution >= 0.6 is 0 Å². The number of nitrogens with one attached hydrogen (secondary N) is 2. The fourth-order valence-electron chi connectivity index (χ4n) is 4.45. The van der Waals surface area contributed by atoms with E-state index in [1.165, 1.54) is 36.3 Å². The number of carbonyl (C=O) groups is 3. The maximum Gasteiger partial charge on any atom is 0.335 e. The van der Waals surface area contributed by atoms with E-state index < -0.39 is 30.3 Å². The van der Waals surface area contributed by atoms with Gasteiger partial charge in [0.2, 0.25) is 5.91 Å². The molecule has 3 aromatic carbocycles. The van der Waals surface area contributed by atoms with Crippen LogP contribution in [0.3, 0.4) is 0 Å². The summed E-state index contributed by atoms with van der Waals surface area (Å²) < 4.78 is 11.1. The highest BCUT2D eigenvalue weighted by atomic mass is 16.5. The van der Waals surface area contributed by atoms with Crippen LogP contribution in [-0.4, -0.2) is 76.6 Å². The summed E-state index contributed by atoms with van der Waals surface area (Å²) in [5, 5.41) is 35.3. The summed E-state index contributed by atoms with van der Waals surface area (Å²) in [5.41, 5.74) is 2.70. The number of hydrogen-bond donors (Lipinski definition) is 5. The first kappa shape index (κ1) is 28.4. The summed E-state index contributed by atoms with van der Waals surface area (Å²) in [6.07, 6.45) is -2.40. The van der Waals surface area contributed by atoms with Gasteiger partial charge in [-0.05, 0) is 60.5 Å². The van der Waals surface area contributed by atoms with Gasteiger partial charge in [0.15, 0.2) is 0 Å². The Labute approximate surface area is 231 Å². The molecule has 0 aromatic heterocycles. The molecular weight excluding hydrogens is 518 g/mol. The summed E-state index contributed by atoms with van der Waals surface area (Å²) in [4.78, 5) is 38.1. The van der Waals surface area contributed by atoms with Crippen molar-refractivity contribution in [3.63, 3.8) is 0 Å². The van der Waals surface area contributed by atoms with Gasteiger partial charge in [-0.15, -0.1) is 0 Å². The maximum absolute atomic E-state index is 13.2. The Bertz CT molecular complexity index is 1380. The normalized spacial score (nSPS) is 18.2. The minimum absolute atomic E-state index is 0.0463. The summed E-state index contributed by atoms with van der Waals surface area (Å²) in [7, 11) is 1.45. The van der Waals surface area contributed by atoms with Crippen LogP contribution in [0.1, 0.15) is 21.5 Å². The average molecular weight is 550 g/mol. The van der Waals surface area contributed by atoms with Crippen LogP contribution in [0.5, 0.6) is 11.5 Å². The second kappa shape index (κ2) is 12.5. The first-order valence-corrected chi connectivity index (χ1v) is 12.6. The number of aromatic carboxylic acids is 1. The number of carboxylic acid groups (broad SMARTS) is 1. The van der Waals surface area contributed by atoms with E-state index in [1.54, 1.807) is 24.3 Å². The van der Waals surface area contributed by atoms with E-state index >= 15 is 0 Å². The van der Waals surface area contributed by atoms with Gasteiger partial charge in [0.1, 0.15) is 24.2 Å². The van der Waals surface area contributed by atoms with Gasteiger partial charge in [-0.3, -0.25) is 4.79 Å². The van der Waals surface area contributed by atoms with Gasteiger partial charge in [0, 0.05) is 12.2 Å². The molecule has 0 bridgehead atoms. The monoisotopic (exact) mass is 549 g/mol. The lowest BCUT2D eigenvalue weighted by atomic mass is 10.1. The molecule has 0 radical (unpaired) electrons. The number of hydrogen-bond acceptors (Lipinski definition) is 7. The van der Waals surface area contributed by atoms with Crippen LogP contribution in [0, 0.1) is 6.92 Å². The van der Waals surface area contributed by atoms with Gasteiger partial charge in [-0.2, -0.15) is 0 Å².